The van der Waals surface area contributed by atoms with E-state index >= 15 is 0 Å². The lowest BCUT2D eigenvalue weighted by molar-refractivity contribution is 0.181. The number of rotatable bonds is 3. The van der Waals surface area contributed by atoms with Gasteiger partial charge in [-0.3, -0.25) is 0 Å². The number of nitrogen functional groups attached to an aromatic ring is 1. The van der Waals surface area contributed by atoms with Crippen LogP contribution in [0, 0.1) is 13.8 Å². The third-order valence-electron chi connectivity index (χ3n) is 2.57. The van der Waals surface area contributed by atoms with Crippen LogP contribution in [0.5, 0.6) is 0 Å². The second-order valence-electron chi connectivity index (χ2n) is 3.57. The summed E-state index contributed by atoms with van der Waals surface area (Å²) in [6.07, 6.45) is 0. The van der Waals surface area contributed by atoms with Crippen LogP contribution < -0.4 is 11.5 Å². The van der Waals surface area contributed by atoms with Crippen LogP contribution in [-0.4, -0.2) is 13.7 Å². The van der Waals surface area contributed by atoms with Crippen LogP contribution in [0.15, 0.2) is 12.1 Å². The van der Waals surface area contributed by atoms with Crippen molar-refractivity contribution < 1.29 is 4.74 Å². The summed E-state index contributed by atoms with van der Waals surface area (Å²) in [5, 5.41) is 0. The third-order valence-corrected chi connectivity index (χ3v) is 2.57. The Labute approximate surface area is 85.0 Å². The van der Waals surface area contributed by atoms with E-state index in [-0.39, 0.29) is 6.04 Å². The molecule has 4 N–H and O–H groups in total. The zero-order chi connectivity index (χ0) is 10.7. The van der Waals surface area contributed by atoms with Crippen LogP contribution in [0.4, 0.5) is 5.69 Å². The summed E-state index contributed by atoms with van der Waals surface area (Å²) in [4.78, 5) is 0. The SMILES string of the molecule is COC[C@H](N)c1ccc(C)c(C)c1N. The summed E-state index contributed by atoms with van der Waals surface area (Å²) in [5.74, 6) is 0. The number of benzene rings is 1. The molecule has 0 aliphatic heterocycles. The van der Waals surface area contributed by atoms with Gasteiger partial charge >= 0.3 is 0 Å². The molecule has 3 heteroatoms. The molecule has 1 atom stereocenters. The smallest absolute Gasteiger partial charge is 0.0656 e. The first-order chi connectivity index (χ1) is 6.57. The van der Waals surface area contributed by atoms with E-state index in [1.54, 1.807) is 7.11 Å². The Morgan fingerprint density at radius 1 is 1.36 bits per heavy atom. The zero-order valence-electron chi connectivity index (χ0n) is 9.00. The first kappa shape index (κ1) is 11.0. The minimum absolute atomic E-state index is 0.140. The van der Waals surface area contributed by atoms with Gasteiger partial charge in [-0.1, -0.05) is 12.1 Å². The molecule has 0 aliphatic carbocycles. The molecule has 0 bridgehead atoms. The Bertz CT molecular complexity index is 323. The van der Waals surface area contributed by atoms with Crippen LogP contribution in [0.1, 0.15) is 22.7 Å². The topological polar surface area (TPSA) is 61.3 Å². The fourth-order valence-electron chi connectivity index (χ4n) is 1.45. The van der Waals surface area contributed by atoms with Gasteiger partial charge in [0.15, 0.2) is 0 Å². The van der Waals surface area contributed by atoms with Crippen molar-refractivity contribution in [2.45, 2.75) is 19.9 Å². The first-order valence-electron chi connectivity index (χ1n) is 4.68. The largest absolute Gasteiger partial charge is 0.398 e. The number of methoxy groups -OCH3 is 1. The van der Waals surface area contributed by atoms with E-state index in [9.17, 15) is 0 Å². The molecule has 1 rings (SSSR count). The van der Waals surface area contributed by atoms with Crippen LogP contribution in [-0.2, 0) is 4.74 Å². The van der Waals surface area contributed by atoms with Gasteiger partial charge in [-0.2, -0.15) is 0 Å². The maximum absolute atomic E-state index is 5.98. The van der Waals surface area contributed by atoms with Crippen molar-refractivity contribution in [3.8, 4) is 0 Å². The maximum Gasteiger partial charge on any atom is 0.0656 e. The maximum atomic E-state index is 5.98. The molecular formula is C11H18N2O. The van der Waals surface area contributed by atoms with Crippen LogP contribution in [0.25, 0.3) is 0 Å². The van der Waals surface area contributed by atoms with Gasteiger partial charge in [0.1, 0.15) is 0 Å². The van der Waals surface area contributed by atoms with Crippen molar-refractivity contribution >= 4 is 5.69 Å². The van der Waals surface area contributed by atoms with Crippen LogP contribution in [0.2, 0.25) is 0 Å². The molecule has 1 aromatic rings. The summed E-state index contributed by atoms with van der Waals surface area (Å²) < 4.78 is 5.00. The summed E-state index contributed by atoms with van der Waals surface area (Å²) in [7, 11) is 1.64. The molecule has 0 heterocycles. The van der Waals surface area contributed by atoms with Gasteiger partial charge in [0.2, 0.25) is 0 Å². The summed E-state index contributed by atoms with van der Waals surface area (Å²) in [6.45, 7) is 4.54. The third kappa shape index (κ3) is 2.05. The number of aryl methyl sites for hydroxylation is 1. The lowest BCUT2D eigenvalue weighted by Gasteiger charge is -2.16. The molecule has 0 fully saturated rings. The average molecular weight is 194 g/mol. The highest BCUT2D eigenvalue weighted by atomic mass is 16.5. The van der Waals surface area contributed by atoms with E-state index in [1.807, 2.05) is 26.0 Å². The van der Waals surface area contributed by atoms with Gasteiger partial charge in [-0.05, 0) is 30.5 Å². The minimum atomic E-state index is -0.140. The normalized spacial score (nSPS) is 12.9. The molecule has 0 saturated carbocycles. The lowest BCUT2D eigenvalue weighted by atomic mass is 9.99. The van der Waals surface area contributed by atoms with Crippen molar-refractivity contribution in [3.05, 3.63) is 28.8 Å². The number of hydrogen-bond acceptors (Lipinski definition) is 3. The van der Waals surface area contributed by atoms with Crippen LogP contribution >= 0.6 is 0 Å². The molecule has 0 saturated heterocycles. The van der Waals surface area contributed by atoms with Gasteiger partial charge in [-0.25, -0.2) is 0 Å². The predicted octanol–water partition coefficient (Wildman–Crippen LogP) is 1.53. The molecule has 1 aromatic carbocycles. The van der Waals surface area contributed by atoms with Crippen molar-refractivity contribution in [3.63, 3.8) is 0 Å². The molecule has 0 amide bonds. The Hall–Kier alpha value is -1.06. The quantitative estimate of drug-likeness (QED) is 0.717. The van der Waals surface area contributed by atoms with E-state index in [2.05, 4.69) is 0 Å². The Morgan fingerprint density at radius 3 is 2.57 bits per heavy atom. The first-order valence-corrected chi connectivity index (χ1v) is 4.68. The van der Waals surface area contributed by atoms with Crippen molar-refractivity contribution in [1.82, 2.24) is 0 Å². The highest BCUT2D eigenvalue weighted by Crippen LogP contribution is 2.24. The van der Waals surface area contributed by atoms with Crippen molar-refractivity contribution in [1.29, 1.82) is 0 Å². The number of anilines is 1. The Kier molecular flexibility index (Phi) is 3.49. The van der Waals surface area contributed by atoms with Gasteiger partial charge in [0, 0.05) is 12.8 Å². The van der Waals surface area contributed by atoms with Crippen molar-refractivity contribution in [2.75, 3.05) is 19.5 Å². The second-order valence-corrected chi connectivity index (χ2v) is 3.57. The van der Waals surface area contributed by atoms with Crippen LogP contribution in [0.3, 0.4) is 0 Å². The van der Waals surface area contributed by atoms with E-state index in [4.69, 9.17) is 16.2 Å². The van der Waals surface area contributed by atoms with E-state index in [1.165, 1.54) is 5.56 Å². The molecule has 0 radical (unpaired) electrons. The standard InChI is InChI=1S/C11H18N2O/c1-7-4-5-9(10(12)6-14-3)11(13)8(7)2/h4-5,10H,6,12-13H2,1-3H3/t10-/m0/s1. The minimum Gasteiger partial charge on any atom is -0.398 e. The molecule has 3 nitrogen and oxygen atoms in total. The molecule has 14 heavy (non-hydrogen) atoms. The fraction of sp³-hybridized carbons (Fsp3) is 0.455. The molecule has 0 aromatic heterocycles. The van der Waals surface area contributed by atoms with Crippen molar-refractivity contribution in [2.24, 2.45) is 5.73 Å². The predicted molar refractivity (Wildman–Crippen MR) is 59.1 cm³/mol. The lowest BCUT2D eigenvalue weighted by Crippen LogP contribution is -2.18. The molecule has 78 valence electrons. The monoisotopic (exact) mass is 194 g/mol. The van der Waals surface area contributed by atoms with Gasteiger partial charge in [0.25, 0.3) is 0 Å². The Balaban J connectivity index is 3.04. The second kappa shape index (κ2) is 4.44. The molecule has 0 spiro atoms. The van der Waals surface area contributed by atoms with E-state index < -0.39 is 0 Å². The van der Waals surface area contributed by atoms with E-state index in [0.29, 0.717) is 6.61 Å². The van der Waals surface area contributed by atoms with Gasteiger partial charge in [-0.15, -0.1) is 0 Å². The van der Waals surface area contributed by atoms with Gasteiger partial charge in [0.05, 0.1) is 12.6 Å². The highest BCUT2D eigenvalue weighted by molar-refractivity contribution is 5.57. The summed E-state index contributed by atoms with van der Waals surface area (Å²) >= 11 is 0. The fourth-order valence-corrected chi connectivity index (χ4v) is 1.45. The molecular weight excluding hydrogens is 176 g/mol. The van der Waals surface area contributed by atoms with Gasteiger partial charge < -0.3 is 16.2 Å². The van der Waals surface area contributed by atoms with E-state index in [0.717, 1.165) is 16.8 Å². The number of hydrogen-bond donors (Lipinski definition) is 2. The molecule has 0 aliphatic rings. The number of ether oxygens (including phenoxy) is 1. The molecule has 0 unspecified atom stereocenters. The average Bonchev–Trinajstić information content (AvgIpc) is 2.15. The zero-order valence-corrected chi connectivity index (χ0v) is 9.00. The highest BCUT2D eigenvalue weighted by Gasteiger charge is 2.11. The summed E-state index contributed by atoms with van der Waals surface area (Å²) in [5.41, 5.74) is 15.9. The summed E-state index contributed by atoms with van der Waals surface area (Å²) in [6, 6.07) is 3.87. The number of nitrogens with two attached hydrogens (primary N) is 2. The Morgan fingerprint density at radius 2 is 2.00 bits per heavy atom.